The van der Waals surface area contributed by atoms with Crippen molar-refractivity contribution in [3.05, 3.63) is 58.7 Å². The molecular formula is C22H26N2O3. The molecule has 2 amide bonds. The predicted octanol–water partition coefficient (Wildman–Crippen LogP) is 3.79. The van der Waals surface area contributed by atoms with E-state index in [-0.39, 0.29) is 17.5 Å². The summed E-state index contributed by atoms with van der Waals surface area (Å²) in [6.45, 7) is 3.82. The molecule has 5 heteroatoms. The average molecular weight is 366 g/mol. The zero-order valence-electron chi connectivity index (χ0n) is 15.8. The third kappa shape index (κ3) is 4.48. The van der Waals surface area contributed by atoms with Gasteiger partial charge in [-0.2, -0.15) is 0 Å². The monoisotopic (exact) mass is 366 g/mol. The summed E-state index contributed by atoms with van der Waals surface area (Å²) in [6, 6.07) is 11.0. The van der Waals surface area contributed by atoms with Crippen molar-refractivity contribution in [3.8, 4) is 5.75 Å². The number of carbonyl (C=O) groups is 2. The van der Waals surface area contributed by atoms with Crippen molar-refractivity contribution in [1.82, 2.24) is 5.32 Å². The Morgan fingerprint density at radius 3 is 2.48 bits per heavy atom. The molecule has 2 aromatic carbocycles. The maximum atomic E-state index is 12.4. The van der Waals surface area contributed by atoms with Gasteiger partial charge in [-0.05, 0) is 73.4 Å². The highest BCUT2D eigenvalue weighted by Gasteiger charge is 2.21. The van der Waals surface area contributed by atoms with Gasteiger partial charge in [-0.25, -0.2) is 0 Å². The molecule has 0 aliphatic heterocycles. The Labute approximate surface area is 159 Å². The Balaban J connectivity index is 1.68. The van der Waals surface area contributed by atoms with Gasteiger partial charge in [-0.15, -0.1) is 0 Å². The number of carbonyl (C=O) groups excluding carboxylic acids is 2. The van der Waals surface area contributed by atoms with Crippen LogP contribution in [0.4, 0.5) is 5.69 Å². The number of rotatable bonds is 4. The van der Waals surface area contributed by atoms with Crippen molar-refractivity contribution in [2.24, 2.45) is 0 Å². The van der Waals surface area contributed by atoms with E-state index >= 15 is 0 Å². The molecule has 0 bridgehead atoms. The first-order valence-electron chi connectivity index (χ1n) is 9.51. The number of hydrogen-bond donors (Lipinski definition) is 3. The van der Waals surface area contributed by atoms with Crippen LogP contribution < -0.4 is 10.6 Å². The molecule has 0 radical (unpaired) electrons. The van der Waals surface area contributed by atoms with Crippen molar-refractivity contribution in [2.75, 3.05) is 5.32 Å². The SMILES string of the molecule is CCC(NC(=O)C(=O)Nc1ccc(C)cc1O)c1ccc2c(c1)CCCC2. The second-order valence-electron chi connectivity index (χ2n) is 7.14. The fourth-order valence-electron chi connectivity index (χ4n) is 3.54. The van der Waals surface area contributed by atoms with E-state index in [0.717, 1.165) is 24.0 Å². The lowest BCUT2D eigenvalue weighted by Crippen LogP contribution is -2.37. The van der Waals surface area contributed by atoms with E-state index in [9.17, 15) is 14.7 Å². The standard InChI is InChI=1S/C22H26N2O3/c1-3-18(17-10-9-15-6-4-5-7-16(15)13-17)23-21(26)22(27)24-19-11-8-14(2)12-20(19)25/h8-13,18,25H,3-7H2,1-2H3,(H,23,26)(H,24,27). The van der Waals surface area contributed by atoms with Crippen molar-refractivity contribution in [3.63, 3.8) is 0 Å². The van der Waals surface area contributed by atoms with Crippen LogP contribution in [-0.4, -0.2) is 16.9 Å². The molecule has 0 saturated carbocycles. The highest BCUT2D eigenvalue weighted by Crippen LogP contribution is 2.26. The van der Waals surface area contributed by atoms with Gasteiger partial charge in [0.05, 0.1) is 11.7 Å². The molecule has 1 aliphatic rings. The second-order valence-corrected chi connectivity index (χ2v) is 7.14. The summed E-state index contributed by atoms with van der Waals surface area (Å²) < 4.78 is 0. The molecule has 0 aromatic heterocycles. The van der Waals surface area contributed by atoms with Crippen molar-refractivity contribution >= 4 is 17.5 Å². The van der Waals surface area contributed by atoms with Crippen LogP contribution in [0.25, 0.3) is 0 Å². The average Bonchev–Trinajstić information content (AvgIpc) is 2.67. The number of phenolic OH excluding ortho intramolecular Hbond substituents is 1. The summed E-state index contributed by atoms with van der Waals surface area (Å²) in [6.07, 6.45) is 5.30. The first-order chi connectivity index (χ1) is 13.0. The number of anilines is 1. The molecule has 0 fully saturated rings. The normalized spacial score (nSPS) is 14.1. The number of amides is 2. The van der Waals surface area contributed by atoms with E-state index in [1.807, 2.05) is 19.9 Å². The first kappa shape index (κ1) is 19.0. The number of aromatic hydroxyl groups is 1. The molecule has 27 heavy (non-hydrogen) atoms. The first-order valence-corrected chi connectivity index (χ1v) is 9.51. The largest absolute Gasteiger partial charge is 0.506 e. The minimum atomic E-state index is -0.787. The topological polar surface area (TPSA) is 78.4 Å². The molecule has 0 spiro atoms. The molecule has 0 heterocycles. The zero-order valence-corrected chi connectivity index (χ0v) is 15.8. The van der Waals surface area contributed by atoms with Crippen LogP contribution in [0.2, 0.25) is 0 Å². The fourth-order valence-corrected chi connectivity index (χ4v) is 3.54. The summed E-state index contributed by atoms with van der Waals surface area (Å²) in [5, 5.41) is 15.2. The smallest absolute Gasteiger partial charge is 0.313 e. The van der Waals surface area contributed by atoms with Crippen LogP contribution in [-0.2, 0) is 22.4 Å². The Morgan fingerprint density at radius 1 is 1.04 bits per heavy atom. The highest BCUT2D eigenvalue weighted by atomic mass is 16.3. The molecule has 1 aliphatic carbocycles. The van der Waals surface area contributed by atoms with Crippen LogP contribution in [0.15, 0.2) is 36.4 Å². The summed E-state index contributed by atoms with van der Waals surface area (Å²) >= 11 is 0. The Bertz CT molecular complexity index is 861. The molecule has 142 valence electrons. The van der Waals surface area contributed by atoms with E-state index < -0.39 is 11.8 Å². The van der Waals surface area contributed by atoms with Crippen LogP contribution >= 0.6 is 0 Å². The summed E-state index contributed by atoms with van der Waals surface area (Å²) in [5.41, 5.74) is 4.85. The van der Waals surface area contributed by atoms with Gasteiger partial charge in [0.25, 0.3) is 0 Å². The minimum Gasteiger partial charge on any atom is -0.506 e. The van der Waals surface area contributed by atoms with Gasteiger partial charge in [0, 0.05) is 0 Å². The van der Waals surface area contributed by atoms with E-state index in [1.54, 1.807) is 12.1 Å². The van der Waals surface area contributed by atoms with Crippen LogP contribution in [0.3, 0.4) is 0 Å². The van der Waals surface area contributed by atoms with Gasteiger partial charge in [-0.3, -0.25) is 9.59 Å². The predicted molar refractivity (Wildman–Crippen MR) is 106 cm³/mol. The molecule has 5 nitrogen and oxygen atoms in total. The molecule has 3 N–H and O–H groups in total. The molecule has 1 atom stereocenters. The molecule has 3 rings (SSSR count). The van der Waals surface area contributed by atoms with Crippen LogP contribution in [0, 0.1) is 6.92 Å². The van der Waals surface area contributed by atoms with E-state index in [4.69, 9.17) is 0 Å². The Kier molecular flexibility index (Phi) is 5.79. The van der Waals surface area contributed by atoms with Gasteiger partial charge in [0.1, 0.15) is 5.75 Å². The zero-order chi connectivity index (χ0) is 19.4. The number of aryl methyl sites for hydroxylation is 3. The minimum absolute atomic E-state index is 0.0575. The van der Waals surface area contributed by atoms with Gasteiger partial charge in [0.2, 0.25) is 0 Å². The van der Waals surface area contributed by atoms with Gasteiger partial charge >= 0.3 is 11.8 Å². The summed E-state index contributed by atoms with van der Waals surface area (Å²) in [5.74, 6) is -1.55. The van der Waals surface area contributed by atoms with Crippen molar-refractivity contribution in [1.29, 1.82) is 0 Å². The van der Waals surface area contributed by atoms with E-state index in [1.165, 1.54) is 30.0 Å². The molecular weight excluding hydrogens is 340 g/mol. The van der Waals surface area contributed by atoms with E-state index in [2.05, 4.69) is 22.8 Å². The quantitative estimate of drug-likeness (QED) is 0.569. The molecule has 1 unspecified atom stereocenters. The molecule has 2 aromatic rings. The van der Waals surface area contributed by atoms with Gasteiger partial charge < -0.3 is 15.7 Å². The summed E-state index contributed by atoms with van der Waals surface area (Å²) in [4.78, 5) is 24.6. The lowest BCUT2D eigenvalue weighted by Gasteiger charge is -2.21. The maximum Gasteiger partial charge on any atom is 0.313 e. The number of phenols is 1. The lowest BCUT2D eigenvalue weighted by molar-refractivity contribution is -0.136. The third-order valence-electron chi connectivity index (χ3n) is 5.10. The van der Waals surface area contributed by atoms with Crippen molar-refractivity contribution in [2.45, 2.75) is 52.0 Å². The number of benzene rings is 2. The third-order valence-corrected chi connectivity index (χ3v) is 5.10. The van der Waals surface area contributed by atoms with E-state index in [0.29, 0.717) is 6.42 Å². The fraction of sp³-hybridized carbons (Fsp3) is 0.364. The maximum absolute atomic E-state index is 12.4. The number of hydrogen-bond acceptors (Lipinski definition) is 3. The number of fused-ring (bicyclic) bond motifs is 1. The number of nitrogens with one attached hydrogen (secondary N) is 2. The van der Waals surface area contributed by atoms with Gasteiger partial charge in [0.15, 0.2) is 0 Å². The second kappa shape index (κ2) is 8.25. The van der Waals surface area contributed by atoms with Crippen LogP contribution in [0.1, 0.15) is 54.5 Å². The van der Waals surface area contributed by atoms with Gasteiger partial charge in [-0.1, -0.05) is 31.2 Å². The Morgan fingerprint density at radius 2 is 1.78 bits per heavy atom. The Hall–Kier alpha value is -2.82. The molecule has 0 saturated heterocycles. The van der Waals surface area contributed by atoms with Crippen LogP contribution in [0.5, 0.6) is 5.75 Å². The van der Waals surface area contributed by atoms with Crippen molar-refractivity contribution < 1.29 is 14.7 Å². The summed E-state index contributed by atoms with van der Waals surface area (Å²) in [7, 11) is 0. The lowest BCUT2D eigenvalue weighted by atomic mass is 9.89. The highest BCUT2D eigenvalue weighted by molar-refractivity contribution is 6.39.